The molecule has 0 unspecified atom stereocenters. The van der Waals surface area contributed by atoms with E-state index in [0.29, 0.717) is 11.5 Å². The third kappa shape index (κ3) is 1.53. The SMILES string of the molecule is Brc1ccc(Br)c2c1Oc1ccccc1O2. The molecule has 80 valence electrons. The maximum absolute atomic E-state index is 5.79. The Hall–Kier alpha value is -1.00. The third-order valence-electron chi connectivity index (χ3n) is 2.29. The molecule has 4 heteroatoms. The van der Waals surface area contributed by atoms with Crippen molar-refractivity contribution in [1.82, 2.24) is 0 Å². The molecule has 0 spiro atoms. The number of hydrogen-bond acceptors (Lipinski definition) is 2. The van der Waals surface area contributed by atoms with E-state index in [0.717, 1.165) is 20.4 Å². The highest BCUT2D eigenvalue weighted by molar-refractivity contribution is 9.11. The van der Waals surface area contributed by atoms with Crippen LogP contribution in [0, 0.1) is 0 Å². The molecule has 0 saturated heterocycles. The quantitative estimate of drug-likeness (QED) is 0.565. The molecule has 0 saturated carbocycles. The van der Waals surface area contributed by atoms with Gasteiger partial charge >= 0.3 is 0 Å². The Morgan fingerprint density at radius 3 is 1.56 bits per heavy atom. The molecule has 2 nitrogen and oxygen atoms in total. The minimum Gasteiger partial charge on any atom is -0.448 e. The van der Waals surface area contributed by atoms with Crippen LogP contribution in [0.3, 0.4) is 0 Å². The van der Waals surface area contributed by atoms with Crippen molar-refractivity contribution >= 4 is 31.9 Å². The van der Waals surface area contributed by atoms with Crippen molar-refractivity contribution in [2.24, 2.45) is 0 Å². The minimum atomic E-state index is 0.702. The summed E-state index contributed by atoms with van der Waals surface area (Å²) in [6.45, 7) is 0. The van der Waals surface area contributed by atoms with E-state index in [1.54, 1.807) is 0 Å². The Morgan fingerprint density at radius 1 is 0.688 bits per heavy atom. The van der Waals surface area contributed by atoms with E-state index in [9.17, 15) is 0 Å². The summed E-state index contributed by atoms with van der Waals surface area (Å²) >= 11 is 6.88. The van der Waals surface area contributed by atoms with Gasteiger partial charge in [-0.1, -0.05) is 12.1 Å². The normalized spacial score (nSPS) is 12.1. The summed E-state index contributed by atoms with van der Waals surface area (Å²) in [6, 6.07) is 11.4. The maximum Gasteiger partial charge on any atom is 0.185 e. The van der Waals surface area contributed by atoms with E-state index in [1.807, 2.05) is 36.4 Å². The monoisotopic (exact) mass is 340 g/mol. The van der Waals surface area contributed by atoms with Gasteiger partial charge in [0.15, 0.2) is 23.0 Å². The molecule has 0 bridgehead atoms. The number of halogens is 2. The standard InChI is InChI=1S/C12H6Br2O2/c13-7-5-6-8(14)12-11(7)15-9-3-1-2-4-10(9)16-12/h1-6H. The Kier molecular flexibility index (Phi) is 2.41. The molecule has 16 heavy (non-hydrogen) atoms. The van der Waals surface area contributed by atoms with Gasteiger partial charge in [0, 0.05) is 0 Å². The second-order valence-electron chi connectivity index (χ2n) is 3.34. The predicted molar refractivity (Wildman–Crippen MR) is 68.4 cm³/mol. The van der Waals surface area contributed by atoms with Gasteiger partial charge in [-0.2, -0.15) is 0 Å². The minimum absolute atomic E-state index is 0.702. The molecule has 2 aromatic rings. The van der Waals surface area contributed by atoms with Crippen LogP contribution < -0.4 is 9.47 Å². The molecule has 0 amide bonds. The summed E-state index contributed by atoms with van der Waals surface area (Å²) in [5.41, 5.74) is 0. The van der Waals surface area contributed by atoms with Gasteiger partial charge in [0.05, 0.1) is 8.95 Å². The van der Waals surface area contributed by atoms with Gasteiger partial charge in [-0.15, -0.1) is 0 Å². The van der Waals surface area contributed by atoms with E-state index < -0.39 is 0 Å². The summed E-state index contributed by atoms with van der Waals surface area (Å²) in [6.07, 6.45) is 0. The fraction of sp³-hybridized carbons (Fsp3) is 0. The number of rotatable bonds is 0. The van der Waals surface area contributed by atoms with Gasteiger partial charge in [0.2, 0.25) is 0 Å². The zero-order chi connectivity index (χ0) is 11.1. The fourth-order valence-electron chi connectivity index (χ4n) is 1.54. The lowest BCUT2D eigenvalue weighted by molar-refractivity contribution is 0.356. The van der Waals surface area contributed by atoms with Crippen LogP contribution in [0.4, 0.5) is 0 Å². The van der Waals surface area contributed by atoms with Crippen LogP contribution in [0.25, 0.3) is 0 Å². The summed E-state index contributed by atoms with van der Waals surface area (Å²) in [7, 11) is 0. The molecular weight excluding hydrogens is 336 g/mol. The molecule has 0 aromatic heterocycles. The van der Waals surface area contributed by atoms with Gasteiger partial charge < -0.3 is 9.47 Å². The van der Waals surface area contributed by atoms with Gasteiger partial charge in [0.1, 0.15) is 0 Å². The lowest BCUT2D eigenvalue weighted by Gasteiger charge is -2.22. The highest BCUT2D eigenvalue weighted by Crippen LogP contribution is 2.51. The first kappa shape index (κ1) is 10.2. The van der Waals surface area contributed by atoms with Crippen molar-refractivity contribution < 1.29 is 9.47 Å². The maximum atomic E-state index is 5.79. The lowest BCUT2D eigenvalue weighted by atomic mass is 10.2. The molecule has 2 aromatic carbocycles. The average Bonchev–Trinajstić information content (AvgIpc) is 2.32. The lowest BCUT2D eigenvalue weighted by Crippen LogP contribution is -1.99. The van der Waals surface area contributed by atoms with Gasteiger partial charge in [0.25, 0.3) is 0 Å². The fourth-order valence-corrected chi connectivity index (χ4v) is 2.33. The Morgan fingerprint density at radius 2 is 1.12 bits per heavy atom. The smallest absolute Gasteiger partial charge is 0.185 e. The Labute approximate surface area is 109 Å². The molecule has 1 aliphatic rings. The first-order chi connectivity index (χ1) is 7.75. The molecular formula is C12H6Br2O2. The van der Waals surface area contributed by atoms with Crippen LogP contribution in [0.15, 0.2) is 45.3 Å². The van der Waals surface area contributed by atoms with Crippen LogP contribution in [0.1, 0.15) is 0 Å². The molecule has 0 N–H and O–H groups in total. The van der Waals surface area contributed by atoms with Crippen molar-refractivity contribution in [2.45, 2.75) is 0 Å². The van der Waals surface area contributed by atoms with Crippen molar-refractivity contribution in [3.8, 4) is 23.0 Å². The third-order valence-corrected chi connectivity index (χ3v) is 3.54. The second kappa shape index (κ2) is 3.79. The second-order valence-corrected chi connectivity index (χ2v) is 5.05. The zero-order valence-electron chi connectivity index (χ0n) is 8.04. The summed E-state index contributed by atoms with van der Waals surface area (Å²) in [5, 5.41) is 0. The van der Waals surface area contributed by atoms with E-state index in [1.165, 1.54) is 0 Å². The average molecular weight is 342 g/mol. The highest BCUT2D eigenvalue weighted by Gasteiger charge is 2.22. The number of fused-ring (bicyclic) bond motifs is 2. The molecule has 0 radical (unpaired) electrons. The number of para-hydroxylation sites is 2. The van der Waals surface area contributed by atoms with Crippen LogP contribution in [0.2, 0.25) is 0 Å². The van der Waals surface area contributed by atoms with Crippen molar-refractivity contribution in [2.75, 3.05) is 0 Å². The Bertz CT molecular complexity index is 517. The predicted octanol–water partition coefficient (Wildman–Crippen LogP) is 5.11. The van der Waals surface area contributed by atoms with Crippen LogP contribution in [0.5, 0.6) is 23.0 Å². The summed E-state index contributed by atoms with van der Waals surface area (Å²) in [4.78, 5) is 0. The number of hydrogen-bond donors (Lipinski definition) is 0. The topological polar surface area (TPSA) is 18.5 Å². The van der Waals surface area contributed by atoms with E-state index in [2.05, 4.69) is 31.9 Å². The van der Waals surface area contributed by atoms with Crippen LogP contribution in [-0.2, 0) is 0 Å². The van der Waals surface area contributed by atoms with Crippen LogP contribution >= 0.6 is 31.9 Å². The van der Waals surface area contributed by atoms with E-state index >= 15 is 0 Å². The highest BCUT2D eigenvalue weighted by atomic mass is 79.9. The molecule has 1 heterocycles. The Balaban J connectivity index is 2.19. The first-order valence-corrected chi connectivity index (χ1v) is 6.27. The summed E-state index contributed by atoms with van der Waals surface area (Å²) in [5.74, 6) is 2.86. The van der Waals surface area contributed by atoms with Crippen molar-refractivity contribution in [3.05, 3.63) is 45.3 Å². The molecule has 0 atom stereocenters. The molecule has 0 aliphatic carbocycles. The number of benzene rings is 2. The van der Waals surface area contributed by atoms with E-state index in [-0.39, 0.29) is 0 Å². The molecule has 0 fully saturated rings. The first-order valence-electron chi connectivity index (χ1n) is 4.68. The summed E-state index contributed by atoms with van der Waals surface area (Å²) < 4.78 is 13.3. The van der Waals surface area contributed by atoms with Gasteiger partial charge in [-0.3, -0.25) is 0 Å². The van der Waals surface area contributed by atoms with Gasteiger partial charge in [-0.05, 0) is 56.1 Å². The van der Waals surface area contributed by atoms with E-state index in [4.69, 9.17) is 9.47 Å². The molecule has 1 aliphatic heterocycles. The number of ether oxygens (including phenoxy) is 2. The van der Waals surface area contributed by atoms with Crippen LogP contribution in [-0.4, -0.2) is 0 Å². The zero-order valence-corrected chi connectivity index (χ0v) is 11.2. The van der Waals surface area contributed by atoms with Gasteiger partial charge in [-0.25, -0.2) is 0 Å². The van der Waals surface area contributed by atoms with Crippen molar-refractivity contribution in [1.29, 1.82) is 0 Å². The largest absolute Gasteiger partial charge is 0.448 e. The van der Waals surface area contributed by atoms with Crippen molar-refractivity contribution in [3.63, 3.8) is 0 Å². The molecule has 3 rings (SSSR count).